The van der Waals surface area contributed by atoms with Gasteiger partial charge in [-0.2, -0.15) is 0 Å². The van der Waals surface area contributed by atoms with E-state index >= 15 is 0 Å². The third-order valence-corrected chi connectivity index (χ3v) is 9.21. The summed E-state index contributed by atoms with van der Waals surface area (Å²) in [5, 5.41) is 3.27. The van der Waals surface area contributed by atoms with Crippen molar-refractivity contribution in [3.8, 4) is 0 Å². The number of thiophene rings is 1. The van der Waals surface area contributed by atoms with Crippen molar-refractivity contribution in [3.05, 3.63) is 94.3 Å². The summed E-state index contributed by atoms with van der Waals surface area (Å²) in [7, 11) is 6.03. The lowest BCUT2D eigenvalue weighted by molar-refractivity contribution is -0.146. The maximum absolute atomic E-state index is 14.0. The maximum Gasteiger partial charge on any atom is 0.250 e. The lowest BCUT2D eigenvalue weighted by atomic mass is 9.84. The van der Waals surface area contributed by atoms with Crippen molar-refractivity contribution in [3.63, 3.8) is 0 Å². The number of aromatic nitrogens is 1. The normalized spacial score (nSPS) is 16.1. The molecule has 1 aliphatic heterocycles. The van der Waals surface area contributed by atoms with E-state index in [2.05, 4.69) is 47.6 Å². The fraction of sp³-hybridized carbons (Fsp3) is 0.355. The van der Waals surface area contributed by atoms with E-state index in [1.165, 1.54) is 4.88 Å². The van der Waals surface area contributed by atoms with Crippen molar-refractivity contribution < 1.29 is 9.59 Å². The Labute approximate surface area is 228 Å². The molecule has 1 atom stereocenters. The third kappa shape index (κ3) is 5.00. The number of aryl methyl sites for hydroxylation is 1. The molecule has 0 aliphatic carbocycles. The van der Waals surface area contributed by atoms with Crippen molar-refractivity contribution in [2.24, 2.45) is 0 Å². The Balaban J connectivity index is 1.32. The molecule has 0 bridgehead atoms. The summed E-state index contributed by atoms with van der Waals surface area (Å²) in [6.45, 7) is 1.32. The van der Waals surface area contributed by atoms with Crippen molar-refractivity contribution in [1.82, 2.24) is 19.7 Å². The molecule has 5 rings (SSSR count). The van der Waals surface area contributed by atoms with Crippen LogP contribution in [0.25, 0.3) is 10.9 Å². The van der Waals surface area contributed by atoms with Gasteiger partial charge in [0.2, 0.25) is 11.8 Å². The van der Waals surface area contributed by atoms with Gasteiger partial charge in [0, 0.05) is 48.5 Å². The molecule has 0 spiro atoms. The van der Waals surface area contributed by atoms with Gasteiger partial charge in [-0.1, -0.05) is 54.6 Å². The van der Waals surface area contributed by atoms with Crippen LogP contribution >= 0.6 is 11.3 Å². The number of nitrogens with one attached hydrogen (secondary N) is 1. The molecule has 1 unspecified atom stereocenters. The van der Waals surface area contributed by atoms with Gasteiger partial charge in [-0.05, 0) is 62.0 Å². The lowest BCUT2D eigenvalue weighted by Crippen LogP contribution is -2.53. The number of H-pyrrole nitrogens is 1. The predicted molar refractivity (Wildman–Crippen MR) is 154 cm³/mol. The molecule has 0 saturated carbocycles. The lowest BCUT2D eigenvalue weighted by Gasteiger charge is -2.46. The van der Waals surface area contributed by atoms with E-state index in [4.69, 9.17) is 0 Å². The Morgan fingerprint density at radius 1 is 0.974 bits per heavy atom. The number of hydrogen-bond acceptors (Lipinski definition) is 4. The number of para-hydroxylation sites is 1. The van der Waals surface area contributed by atoms with E-state index in [1.54, 1.807) is 23.3 Å². The van der Waals surface area contributed by atoms with Gasteiger partial charge in [-0.3, -0.25) is 14.5 Å². The van der Waals surface area contributed by atoms with Gasteiger partial charge < -0.3 is 14.8 Å². The molecule has 38 heavy (non-hydrogen) atoms. The number of piperidine rings is 1. The zero-order valence-corrected chi connectivity index (χ0v) is 23.2. The molecule has 2 aromatic heterocycles. The highest BCUT2D eigenvalue weighted by Crippen LogP contribution is 2.40. The third-order valence-electron chi connectivity index (χ3n) is 8.15. The second-order valence-electron chi connectivity index (χ2n) is 10.4. The minimum Gasteiger partial charge on any atom is -0.361 e. The molecule has 7 heteroatoms. The van der Waals surface area contributed by atoms with Crippen molar-refractivity contribution in [2.45, 2.75) is 37.3 Å². The van der Waals surface area contributed by atoms with E-state index < -0.39 is 6.04 Å². The molecule has 3 heterocycles. The number of likely N-dealkylation sites (tertiary alicyclic amines) is 1. The summed E-state index contributed by atoms with van der Waals surface area (Å²) in [6.07, 6.45) is 4.68. The highest BCUT2D eigenvalue weighted by atomic mass is 32.1. The molecule has 6 nitrogen and oxygen atoms in total. The monoisotopic (exact) mass is 528 g/mol. The zero-order valence-electron chi connectivity index (χ0n) is 22.4. The van der Waals surface area contributed by atoms with Gasteiger partial charge in [0.1, 0.15) is 6.04 Å². The maximum atomic E-state index is 14.0. The summed E-state index contributed by atoms with van der Waals surface area (Å²) >= 11 is 1.78. The van der Waals surface area contributed by atoms with Crippen LogP contribution in [-0.4, -0.2) is 65.7 Å². The average Bonchev–Trinajstić information content (AvgIpc) is 3.63. The molecular weight excluding hydrogens is 492 g/mol. The summed E-state index contributed by atoms with van der Waals surface area (Å²) in [5.74, 6) is -0.0339. The molecule has 2 aromatic carbocycles. The molecule has 198 valence electrons. The van der Waals surface area contributed by atoms with Crippen LogP contribution in [0.15, 0.2) is 78.3 Å². The Bertz CT molecular complexity index is 1370. The van der Waals surface area contributed by atoms with Gasteiger partial charge in [0.15, 0.2) is 0 Å². The number of aromatic amines is 1. The van der Waals surface area contributed by atoms with Crippen LogP contribution in [-0.2, 0) is 21.5 Å². The van der Waals surface area contributed by atoms with Crippen LogP contribution in [0, 0.1) is 0 Å². The van der Waals surface area contributed by atoms with E-state index in [-0.39, 0.29) is 17.4 Å². The zero-order chi connectivity index (χ0) is 26.7. The van der Waals surface area contributed by atoms with Gasteiger partial charge in [0.25, 0.3) is 0 Å². The Morgan fingerprint density at radius 3 is 2.37 bits per heavy atom. The minimum absolute atomic E-state index is 0.00215. The number of benzene rings is 2. The van der Waals surface area contributed by atoms with Crippen LogP contribution in [0.2, 0.25) is 0 Å². The first-order chi connectivity index (χ1) is 18.4. The Hall–Kier alpha value is -3.42. The predicted octanol–water partition coefficient (Wildman–Crippen LogP) is 5.44. The summed E-state index contributed by atoms with van der Waals surface area (Å²) in [6, 6.07) is 21.5. The first-order valence-corrected chi connectivity index (χ1v) is 14.1. The van der Waals surface area contributed by atoms with Gasteiger partial charge >= 0.3 is 0 Å². The van der Waals surface area contributed by atoms with Crippen molar-refractivity contribution in [2.75, 3.05) is 34.2 Å². The fourth-order valence-corrected chi connectivity index (χ4v) is 6.86. The molecule has 0 radical (unpaired) electrons. The standard InChI is InChI=1S/C31H36N4O2S/c1-33(2)31(27-14-9-21-38-27)17-19-35(20-18-31)30(37)29(23-10-5-4-6-11-23)34(3)28(36)16-15-24-22-32-26-13-8-7-12-25(24)26/h4-14,21-22,29,32H,15-20H2,1-3H3. The average molecular weight is 529 g/mol. The van der Waals surface area contributed by atoms with Gasteiger partial charge in [0.05, 0.1) is 5.54 Å². The first-order valence-electron chi connectivity index (χ1n) is 13.3. The number of rotatable bonds is 8. The molecule has 1 fully saturated rings. The van der Waals surface area contributed by atoms with Crippen LogP contribution in [0.5, 0.6) is 0 Å². The fourth-order valence-electron chi connectivity index (χ4n) is 5.79. The second kappa shape index (κ2) is 11.1. The second-order valence-corrected chi connectivity index (χ2v) is 11.4. The Morgan fingerprint density at radius 2 is 1.68 bits per heavy atom. The summed E-state index contributed by atoms with van der Waals surface area (Å²) in [4.78, 5) is 38.0. The minimum atomic E-state index is -0.639. The quantitative estimate of drug-likeness (QED) is 0.331. The van der Waals surface area contributed by atoms with Crippen LogP contribution in [0.3, 0.4) is 0 Å². The summed E-state index contributed by atoms with van der Waals surface area (Å²) in [5.41, 5.74) is 2.98. The van der Waals surface area contributed by atoms with E-state index in [9.17, 15) is 9.59 Å². The number of likely N-dealkylation sites (N-methyl/N-ethyl adjacent to an activating group) is 1. The van der Waals surface area contributed by atoms with E-state index in [0.717, 1.165) is 34.9 Å². The topological polar surface area (TPSA) is 59.7 Å². The number of carbonyl (C=O) groups excluding carboxylic acids is 2. The number of carbonyl (C=O) groups is 2. The van der Waals surface area contributed by atoms with Crippen molar-refractivity contribution in [1.29, 1.82) is 0 Å². The van der Waals surface area contributed by atoms with Gasteiger partial charge in [-0.15, -0.1) is 11.3 Å². The number of fused-ring (bicyclic) bond motifs is 1. The first kappa shape index (κ1) is 26.2. The molecule has 1 saturated heterocycles. The van der Waals surface area contributed by atoms with Crippen LogP contribution < -0.4 is 0 Å². The van der Waals surface area contributed by atoms with E-state index in [1.807, 2.05) is 59.6 Å². The molecule has 4 aromatic rings. The van der Waals surface area contributed by atoms with Gasteiger partial charge in [-0.25, -0.2) is 0 Å². The van der Waals surface area contributed by atoms with Crippen molar-refractivity contribution >= 4 is 34.1 Å². The summed E-state index contributed by atoms with van der Waals surface area (Å²) < 4.78 is 0. The molecule has 1 aliphatic rings. The highest BCUT2D eigenvalue weighted by Gasteiger charge is 2.42. The Kier molecular flexibility index (Phi) is 7.68. The van der Waals surface area contributed by atoms with Crippen LogP contribution in [0.1, 0.15) is 41.3 Å². The number of nitrogens with zero attached hydrogens (tertiary/aromatic N) is 3. The number of hydrogen-bond donors (Lipinski definition) is 1. The SMILES string of the molecule is CN(C(=O)CCc1c[nH]c2ccccc12)C(C(=O)N1CCC(c2cccs2)(N(C)C)CC1)c1ccccc1. The molecule has 2 amide bonds. The van der Waals surface area contributed by atoms with E-state index in [0.29, 0.717) is 25.9 Å². The highest BCUT2D eigenvalue weighted by molar-refractivity contribution is 7.10. The number of amides is 2. The smallest absolute Gasteiger partial charge is 0.250 e. The molecule has 1 N–H and O–H groups in total. The van der Waals surface area contributed by atoms with Crippen LogP contribution in [0.4, 0.5) is 0 Å². The molecular formula is C31H36N4O2S. The largest absolute Gasteiger partial charge is 0.361 e.